The summed E-state index contributed by atoms with van der Waals surface area (Å²) in [5, 5.41) is 11.3. The third-order valence-electron chi connectivity index (χ3n) is 3.87. The fraction of sp³-hybridized carbons (Fsp3) is 0.167. The molecule has 0 saturated heterocycles. The number of nitrogens with zero attached hydrogens (tertiary/aromatic N) is 2. The lowest BCUT2D eigenvalue weighted by molar-refractivity contribution is -0.385. The molecule has 10 heteroatoms. The second-order valence-electron chi connectivity index (χ2n) is 5.51. The number of carbonyl (C=O) groups is 1. The number of methoxy groups -OCH3 is 2. The second-order valence-corrected chi connectivity index (χ2v) is 7.37. The maximum absolute atomic E-state index is 13.1. The van der Waals surface area contributed by atoms with Crippen molar-refractivity contribution in [3.63, 3.8) is 0 Å². The Bertz CT molecular complexity index is 1000. The van der Waals surface area contributed by atoms with Crippen LogP contribution in [-0.4, -0.2) is 37.8 Å². The van der Waals surface area contributed by atoms with Crippen molar-refractivity contribution in [2.45, 2.75) is 11.4 Å². The molecule has 28 heavy (non-hydrogen) atoms. The zero-order chi connectivity index (χ0) is 20.9. The number of benzene rings is 2. The molecule has 0 N–H and O–H groups in total. The highest BCUT2D eigenvalue weighted by atomic mass is 32.2. The Morgan fingerprint density at radius 2 is 1.75 bits per heavy atom. The summed E-state index contributed by atoms with van der Waals surface area (Å²) in [5.74, 6) is -0.535. The van der Waals surface area contributed by atoms with Crippen LogP contribution in [0.15, 0.2) is 65.7 Å². The molecule has 0 amide bonds. The molecular weight excluding hydrogens is 388 g/mol. The topological polar surface area (TPSA) is 116 Å². The van der Waals surface area contributed by atoms with E-state index in [1.165, 1.54) is 55.6 Å². The van der Waals surface area contributed by atoms with Crippen molar-refractivity contribution in [3.05, 3.63) is 76.5 Å². The molecule has 0 saturated carbocycles. The van der Waals surface area contributed by atoms with Gasteiger partial charge >= 0.3 is 5.97 Å². The van der Waals surface area contributed by atoms with E-state index < -0.39 is 33.2 Å². The van der Waals surface area contributed by atoms with Crippen LogP contribution in [0.2, 0.25) is 0 Å². The van der Waals surface area contributed by atoms with E-state index in [0.717, 1.165) is 7.11 Å². The highest BCUT2D eigenvalue weighted by Gasteiger charge is 2.31. The van der Waals surface area contributed by atoms with E-state index in [1.54, 1.807) is 0 Å². The smallest absolute Gasteiger partial charge is 0.354 e. The standard InChI is InChI=1S/C18H18N2O7S/c1-13(18(21)27-3)19(12-14-6-4-5-7-17(14)20(22)23)28(24,25)16-10-8-15(26-2)9-11-16/h4-11H,1,12H2,2-3H3. The highest BCUT2D eigenvalue weighted by Crippen LogP contribution is 2.27. The van der Waals surface area contributed by atoms with Crippen molar-refractivity contribution in [1.82, 2.24) is 4.31 Å². The van der Waals surface area contributed by atoms with Crippen molar-refractivity contribution in [3.8, 4) is 5.75 Å². The van der Waals surface area contributed by atoms with Gasteiger partial charge in [0.15, 0.2) is 0 Å². The number of nitro benzene ring substituents is 1. The quantitative estimate of drug-likeness (QED) is 0.286. The Balaban J connectivity index is 2.54. The van der Waals surface area contributed by atoms with Crippen LogP contribution in [-0.2, 0) is 26.1 Å². The predicted octanol–water partition coefficient (Wildman–Crippen LogP) is 2.48. The van der Waals surface area contributed by atoms with E-state index in [0.29, 0.717) is 10.1 Å². The summed E-state index contributed by atoms with van der Waals surface area (Å²) >= 11 is 0. The molecule has 0 unspecified atom stereocenters. The number of para-hydroxylation sites is 1. The van der Waals surface area contributed by atoms with Gasteiger partial charge in [-0.05, 0) is 24.3 Å². The molecule has 0 spiro atoms. The number of sulfonamides is 1. The number of ether oxygens (including phenoxy) is 2. The number of carbonyl (C=O) groups excluding carboxylic acids is 1. The van der Waals surface area contributed by atoms with E-state index >= 15 is 0 Å². The van der Waals surface area contributed by atoms with E-state index in [9.17, 15) is 23.3 Å². The monoisotopic (exact) mass is 406 g/mol. The van der Waals surface area contributed by atoms with Crippen LogP contribution in [0, 0.1) is 10.1 Å². The molecule has 148 valence electrons. The predicted molar refractivity (Wildman–Crippen MR) is 100.0 cm³/mol. The van der Waals surface area contributed by atoms with Crippen LogP contribution in [0.3, 0.4) is 0 Å². The third kappa shape index (κ3) is 4.29. The first-order chi connectivity index (χ1) is 13.2. The Kier molecular flexibility index (Phi) is 6.37. The first-order valence-corrected chi connectivity index (χ1v) is 9.32. The maximum atomic E-state index is 13.1. The molecule has 0 aliphatic rings. The van der Waals surface area contributed by atoms with Crippen molar-refractivity contribution in [1.29, 1.82) is 0 Å². The maximum Gasteiger partial charge on any atom is 0.354 e. The molecule has 2 rings (SSSR count). The van der Waals surface area contributed by atoms with Crippen LogP contribution in [0.5, 0.6) is 5.75 Å². The lowest BCUT2D eigenvalue weighted by Crippen LogP contribution is -2.33. The number of nitro groups is 1. The molecule has 0 fully saturated rings. The number of hydrogen-bond donors (Lipinski definition) is 0. The summed E-state index contributed by atoms with van der Waals surface area (Å²) in [5.41, 5.74) is -0.666. The second kappa shape index (κ2) is 8.53. The number of esters is 1. The fourth-order valence-corrected chi connectivity index (χ4v) is 3.81. The Morgan fingerprint density at radius 1 is 1.14 bits per heavy atom. The largest absolute Gasteiger partial charge is 0.497 e. The van der Waals surface area contributed by atoms with Gasteiger partial charge < -0.3 is 9.47 Å². The molecule has 2 aromatic carbocycles. The number of hydrogen-bond acceptors (Lipinski definition) is 7. The molecule has 0 aliphatic heterocycles. The van der Waals surface area contributed by atoms with Gasteiger partial charge in [-0.2, -0.15) is 0 Å². The van der Waals surface area contributed by atoms with Gasteiger partial charge in [0.2, 0.25) is 0 Å². The van der Waals surface area contributed by atoms with Crippen molar-refractivity contribution in [2.24, 2.45) is 0 Å². The van der Waals surface area contributed by atoms with Crippen LogP contribution in [0.1, 0.15) is 5.56 Å². The van der Waals surface area contributed by atoms with E-state index in [1.807, 2.05) is 0 Å². The molecule has 0 aromatic heterocycles. The van der Waals surface area contributed by atoms with Crippen LogP contribution >= 0.6 is 0 Å². The molecule has 0 heterocycles. The summed E-state index contributed by atoms with van der Waals surface area (Å²) in [7, 11) is -1.75. The van der Waals surface area contributed by atoms with Crippen LogP contribution in [0.4, 0.5) is 5.69 Å². The SMILES string of the molecule is C=C(C(=O)OC)N(Cc1ccccc1[N+](=O)[O-])S(=O)(=O)c1ccc(OC)cc1. The summed E-state index contributed by atoms with van der Waals surface area (Å²) < 4.78 is 36.5. The first kappa shape index (κ1) is 20.9. The van der Waals surface area contributed by atoms with E-state index in [-0.39, 0.29) is 16.1 Å². The zero-order valence-corrected chi connectivity index (χ0v) is 16.0. The number of rotatable bonds is 8. The van der Waals surface area contributed by atoms with Crippen molar-refractivity contribution in [2.75, 3.05) is 14.2 Å². The van der Waals surface area contributed by atoms with Gasteiger partial charge in [0.05, 0.1) is 36.1 Å². The van der Waals surface area contributed by atoms with Gasteiger partial charge in [0.25, 0.3) is 15.7 Å². The Labute approximate surface area is 162 Å². The highest BCUT2D eigenvalue weighted by molar-refractivity contribution is 7.89. The molecule has 9 nitrogen and oxygen atoms in total. The zero-order valence-electron chi connectivity index (χ0n) is 15.2. The normalized spacial score (nSPS) is 10.8. The molecule has 0 bridgehead atoms. The average molecular weight is 406 g/mol. The van der Waals surface area contributed by atoms with Crippen molar-refractivity contribution >= 4 is 21.7 Å². The van der Waals surface area contributed by atoms with Gasteiger partial charge in [-0.25, -0.2) is 13.2 Å². The molecule has 0 radical (unpaired) electrons. The fourth-order valence-electron chi connectivity index (χ4n) is 2.40. The lowest BCUT2D eigenvalue weighted by Gasteiger charge is -2.24. The van der Waals surface area contributed by atoms with Crippen LogP contribution < -0.4 is 4.74 Å². The van der Waals surface area contributed by atoms with E-state index in [4.69, 9.17) is 4.74 Å². The molecule has 0 atom stereocenters. The van der Waals surface area contributed by atoms with E-state index in [2.05, 4.69) is 11.3 Å². The van der Waals surface area contributed by atoms with Gasteiger partial charge in [-0.15, -0.1) is 0 Å². The van der Waals surface area contributed by atoms with Gasteiger partial charge in [-0.3, -0.25) is 14.4 Å². The Hall–Kier alpha value is -3.40. The van der Waals surface area contributed by atoms with Crippen LogP contribution in [0.25, 0.3) is 0 Å². The van der Waals surface area contributed by atoms with Gasteiger partial charge in [0, 0.05) is 6.07 Å². The molecular formula is C18H18N2O7S. The summed E-state index contributed by atoms with van der Waals surface area (Å²) in [4.78, 5) is 22.4. The summed E-state index contributed by atoms with van der Waals surface area (Å²) in [6.07, 6.45) is 0. The first-order valence-electron chi connectivity index (χ1n) is 7.88. The minimum Gasteiger partial charge on any atom is -0.497 e. The summed E-state index contributed by atoms with van der Waals surface area (Å²) in [6, 6.07) is 11.1. The molecule has 0 aliphatic carbocycles. The van der Waals surface area contributed by atoms with Gasteiger partial charge in [-0.1, -0.05) is 24.8 Å². The Morgan fingerprint density at radius 3 is 2.29 bits per heavy atom. The minimum absolute atomic E-state index is 0.0923. The molecule has 2 aromatic rings. The lowest BCUT2D eigenvalue weighted by atomic mass is 10.2. The minimum atomic E-state index is -4.27. The van der Waals surface area contributed by atoms with Gasteiger partial charge in [0.1, 0.15) is 11.4 Å². The summed E-state index contributed by atoms with van der Waals surface area (Å²) in [6.45, 7) is 3.03. The third-order valence-corrected chi connectivity index (χ3v) is 5.67. The average Bonchev–Trinajstić information content (AvgIpc) is 2.70. The van der Waals surface area contributed by atoms with Crippen molar-refractivity contribution < 1.29 is 27.6 Å².